The van der Waals surface area contributed by atoms with Gasteiger partial charge in [-0.25, -0.2) is 9.67 Å². The van der Waals surface area contributed by atoms with Crippen LogP contribution in [-0.4, -0.2) is 14.8 Å². The van der Waals surface area contributed by atoms with Gasteiger partial charge in [0.05, 0.1) is 6.20 Å². The molecule has 0 amide bonds. The molecule has 0 spiro atoms. The van der Waals surface area contributed by atoms with Crippen LogP contribution in [0.1, 0.15) is 5.56 Å². The lowest BCUT2D eigenvalue weighted by Crippen LogP contribution is -1.95. The van der Waals surface area contributed by atoms with Crippen molar-refractivity contribution in [1.82, 2.24) is 14.8 Å². The van der Waals surface area contributed by atoms with E-state index in [9.17, 15) is 0 Å². The third-order valence-electron chi connectivity index (χ3n) is 1.52. The molecule has 0 saturated heterocycles. The van der Waals surface area contributed by atoms with Crippen LogP contribution >= 0.6 is 0 Å². The summed E-state index contributed by atoms with van der Waals surface area (Å²) in [5.41, 5.74) is 0.889. The Kier molecular flexibility index (Phi) is 1.63. The monoisotopic (exact) mass is 158 g/mol. The Balaban J connectivity index is 2.45. The summed E-state index contributed by atoms with van der Waals surface area (Å²) in [6.07, 6.45) is 5.27. The van der Waals surface area contributed by atoms with E-state index in [1.165, 1.54) is 0 Å². The van der Waals surface area contributed by atoms with E-state index in [2.05, 4.69) is 17.0 Å². The Morgan fingerprint density at radius 3 is 2.83 bits per heavy atom. The fraction of sp³-hybridized carbons (Fsp3) is 0. The van der Waals surface area contributed by atoms with E-state index in [-0.39, 0.29) is 0 Å². The minimum absolute atomic E-state index is 0.812. The largest absolute Gasteiger partial charge is 0.237 e. The molecule has 2 aromatic rings. The van der Waals surface area contributed by atoms with Gasteiger partial charge in [0.2, 0.25) is 0 Å². The molecule has 3 heteroatoms. The summed E-state index contributed by atoms with van der Waals surface area (Å²) in [5.74, 6) is 0.812. The average molecular weight is 158 g/mol. The Labute approximate surface area is 70.7 Å². The molecule has 12 heavy (non-hydrogen) atoms. The zero-order valence-corrected chi connectivity index (χ0v) is 6.51. The molecule has 0 aliphatic rings. The normalized spacial score (nSPS) is 10.1. The van der Waals surface area contributed by atoms with Crippen LogP contribution in [0.3, 0.4) is 0 Å². The molecule has 0 fully saturated rings. The Morgan fingerprint density at radius 1 is 1.33 bits per heavy atom. The van der Waals surface area contributed by atoms with Crippen molar-refractivity contribution >= 4 is 0 Å². The molecule has 2 heterocycles. The van der Waals surface area contributed by atoms with Crippen molar-refractivity contribution in [2.75, 3.05) is 0 Å². The van der Waals surface area contributed by atoms with Crippen molar-refractivity contribution in [2.45, 2.75) is 0 Å². The maximum atomic E-state index is 4.14. The van der Waals surface area contributed by atoms with Gasteiger partial charge >= 0.3 is 0 Å². The topological polar surface area (TPSA) is 30.7 Å². The van der Waals surface area contributed by atoms with Crippen molar-refractivity contribution in [1.29, 1.82) is 0 Å². The maximum Gasteiger partial charge on any atom is 0.153 e. The summed E-state index contributed by atoms with van der Waals surface area (Å²) >= 11 is 0. The number of pyridine rings is 1. The number of nitrogens with zero attached hydrogens (tertiary/aromatic N) is 3. The fourth-order valence-electron chi connectivity index (χ4n) is 0.975. The molecule has 0 aliphatic heterocycles. The third-order valence-corrected chi connectivity index (χ3v) is 1.52. The van der Waals surface area contributed by atoms with Gasteiger partial charge in [0, 0.05) is 12.4 Å². The van der Waals surface area contributed by atoms with Crippen molar-refractivity contribution < 1.29 is 0 Å². The molecule has 0 aliphatic carbocycles. The van der Waals surface area contributed by atoms with Crippen LogP contribution in [0.5, 0.6) is 0 Å². The molecule has 0 atom stereocenters. The van der Waals surface area contributed by atoms with Crippen LogP contribution in [0.25, 0.3) is 5.82 Å². The second-order valence-electron chi connectivity index (χ2n) is 2.48. The zero-order chi connectivity index (χ0) is 8.39. The highest BCUT2D eigenvalue weighted by Gasteiger charge is 1.96. The van der Waals surface area contributed by atoms with E-state index in [0.717, 1.165) is 11.4 Å². The molecule has 2 aromatic heterocycles. The quantitative estimate of drug-likeness (QED) is 0.628. The molecule has 1 radical (unpaired) electrons. The van der Waals surface area contributed by atoms with Crippen LogP contribution in [0, 0.1) is 6.92 Å². The number of rotatable bonds is 1. The first kappa shape index (κ1) is 7.03. The molecule has 3 nitrogen and oxygen atoms in total. The Hall–Kier alpha value is -1.64. The third kappa shape index (κ3) is 1.21. The number of hydrogen-bond acceptors (Lipinski definition) is 2. The molecule has 0 bridgehead atoms. The van der Waals surface area contributed by atoms with E-state index < -0.39 is 0 Å². The zero-order valence-electron chi connectivity index (χ0n) is 6.51. The standard InChI is InChI=1S/C9H8N3/c1-8-6-11-12(7-8)9-4-2-3-5-10-9/h2-7H,1H2. The van der Waals surface area contributed by atoms with Gasteiger partial charge in [-0.05, 0) is 24.6 Å². The van der Waals surface area contributed by atoms with Crippen molar-refractivity contribution in [3.05, 3.63) is 49.3 Å². The molecule has 0 aromatic carbocycles. The minimum atomic E-state index is 0.812. The fourth-order valence-corrected chi connectivity index (χ4v) is 0.975. The van der Waals surface area contributed by atoms with Crippen molar-refractivity contribution in [2.24, 2.45) is 0 Å². The molecular weight excluding hydrogens is 150 g/mol. The van der Waals surface area contributed by atoms with E-state index in [4.69, 9.17) is 0 Å². The minimum Gasteiger partial charge on any atom is -0.237 e. The summed E-state index contributed by atoms with van der Waals surface area (Å²) in [6.45, 7) is 3.76. The maximum absolute atomic E-state index is 4.14. The first-order valence-corrected chi connectivity index (χ1v) is 3.64. The lowest BCUT2D eigenvalue weighted by molar-refractivity contribution is 0.847. The van der Waals surface area contributed by atoms with Gasteiger partial charge in [0.1, 0.15) is 0 Å². The van der Waals surface area contributed by atoms with Gasteiger partial charge in [-0.15, -0.1) is 0 Å². The molecule has 59 valence electrons. The highest BCUT2D eigenvalue weighted by molar-refractivity contribution is 5.22. The predicted octanol–water partition coefficient (Wildman–Crippen LogP) is 1.45. The van der Waals surface area contributed by atoms with Crippen LogP contribution < -0.4 is 0 Å². The summed E-state index contributed by atoms with van der Waals surface area (Å²) in [6, 6.07) is 5.69. The summed E-state index contributed by atoms with van der Waals surface area (Å²) in [7, 11) is 0. The smallest absolute Gasteiger partial charge is 0.153 e. The van der Waals surface area contributed by atoms with E-state index in [1.54, 1.807) is 17.1 Å². The summed E-state index contributed by atoms with van der Waals surface area (Å²) in [5, 5.41) is 4.08. The van der Waals surface area contributed by atoms with E-state index in [1.807, 2.05) is 24.4 Å². The predicted molar refractivity (Wildman–Crippen MR) is 45.8 cm³/mol. The molecule has 2 rings (SSSR count). The van der Waals surface area contributed by atoms with Gasteiger partial charge in [-0.2, -0.15) is 5.10 Å². The van der Waals surface area contributed by atoms with Crippen LogP contribution in [0.15, 0.2) is 36.8 Å². The molecule has 0 unspecified atom stereocenters. The molecule has 0 N–H and O–H groups in total. The number of aromatic nitrogens is 3. The van der Waals surface area contributed by atoms with E-state index in [0.29, 0.717) is 0 Å². The Morgan fingerprint density at radius 2 is 2.25 bits per heavy atom. The van der Waals surface area contributed by atoms with Crippen LogP contribution in [0.4, 0.5) is 0 Å². The van der Waals surface area contributed by atoms with Crippen molar-refractivity contribution in [3.63, 3.8) is 0 Å². The van der Waals surface area contributed by atoms with Gasteiger partial charge in [-0.3, -0.25) is 0 Å². The van der Waals surface area contributed by atoms with Gasteiger partial charge < -0.3 is 0 Å². The SMILES string of the molecule is [CH2]c1cnn(-c2ccccn2)c1. The lowest BCUT2D eigenvalue weighted by Gasteiger charge is -1.96. The lowest BCUT2D eigenvalue weighted by atomic mass is 10.4. The average Bonchev–Trinajstić information content (AvgIpc) is 2.54. The Bertz CT molecular complexity index is 364. The van der Waals surface area contributed by atoms with Gasteiger partial charge in [0.25, 0.3) is 0 Å². The van der Waals surface area contributed by atoms with Crippen LogP contribution in [-0.2, 0) is 0 Å². The summed E-state index contributed by atoms with van der Waals surface area (Å²) in [4.78, 5) is 4.14. The first-order chi connectivity index (χ1) is 5.86. The van der Waals surface area contributed by atoms with Crippen molar-refractivity contribution in [3.8, 4) is 5.82 Å². The van der Waals surface area contributed by atoms with Gasteiger partial charge in [0.15, 0.2) is 5.82 Å². The second-order valence-corrected chi connectivity index (χ2v) is 2.48. The first-order valence-electron chi connectivity index (χ1n) is 3.64. The molecule has 0 saturated carbocycles. The second kappa shape index (κ2) is 2.77. The van der Waals surface area contributed by atoms with Gasteiger partial charge in [-0.1, -0.05) is 6.07 Å². The molecular formula is C9H8N3. The highest BCUT2D eigenvalue weighted by Crippen LogP contribution is 2.02. The highest BCUT2D eigenvalue weighted by atomic mass is 15.3. The number of hydrogen-bond donors (Lipinski definition) is 0. The van der Waals surface area contributed by atoms with E-state index >= 15 is 0 Å². The van der Waals surface area contributed by atoms with Crippen LogP contribution in [0.2, 0.25) is 0 Å². The summed E-state index contributed by atoms with van der Waals surface area (Å²) < 4.78 is 1.70.